The maximum Gasteiger partial charge on any atom is 0.347 e. The smallest absolute Gasteiger partial charge is 0.347 e. The number of methoxy groups -OCH3 is 1. The van der Waals surface area contributed by atoms with E-state index in [0.717, 1.165) is 44.9 Å². The van der Waals surface area contributed by atoms with E-state index in [9.17, 15) is 19.2 Å². The van der Waals surface area contributed by atoms with Gasteiger partial charge in [0, 0.05) is 32.1 Å². The third kappa shape index (κ3) is 3.99. The van der Waals surface area contributed by atoms with E-state index in [0.29, 0.717) is 18.3 Å². The molecule has 0 spiro atoms. The summed E-state index contributed by atoms with van der Waals surface area (Å²) in [5, 5.41) is 0. The largest absolute Gasteiger partial charge is 0.466 e. The number of hydrogen-bond acceptors (Lipinski definition) is 7. The van der Waals surface area contributed by atoms with Crippen LogP contribution in [0.25, 0.3) is 0 Å². The molecule has 0 aromatic heterocycles. The molecule has 0 heterocycles. The van der Waals surface area contributed by atoms with Crippen molar-refractivity contribution < 1.29 is 33.4 Å². The lowest BCUT2D eigenvalue weighted by molar-refractivity contribution is -0.180. The van der Waals surface area contributed by atoms with Gasteiger partial charge in [-0.25, -0.2) is 4.79 Å². The molecule has 0 unspecified atom stereocenters. The summed E-state index contributed by atoms with van der Waals surface area (Å²) in [4.78, 5) is 49.6. The van der Waals surface area contributed by atoms with Gasteiger partial charge >= 0.3 is 17.9 Å². The molecule has 0 bridgehead atoms. The lowest BCUT2D eigenvalue weighted by atomic mass is 9.44. The van der Waals surface area contributed by atoms with Crippen LogP contribution < -0.4 is 0 Å². The number of carbonyl (C=O) groups excluding carboxylic acids is 4. The van der Waals surface area contributed by atoms with E-state index in [1.165, 1.54) is 21.0 Å². The molecule has 0 aliphatic heterocycles. The first kappa shape index (κ1) is 24.2. The van der Waals surface area contributed by atoms with Crippen molar-refractivity contribution in [1.82, 2.24) is 0 Å². The van der Waals surface area contributed by atoms with Crippen LogP contribution >= 0.6 is 0 Å². The summed E-state index contributed by atoms with van der Waals surface area (Å²) in [7, 11) is 1.31. The maximum absolute atomic E-state index is 13.8. The van der Waals surface area contributed by atoms with Gasteiger partial charge in [-0.15, -0.1) is 0 Å². The van der Waals surface area contributed by atoms with Crippen molar-refractivity contribution in [3.05, 3.63) is 0 Å². The standard InChI is InChI=1S/C26H38O7/c1-14(27)32-17-10-11-25(3)16(12-17)6-7-18-19-8-9-20(23(24(30)31-5)33-15(2)28)26(19,4)13-21(29)22(18)25/h16-20,22-23H,6-13H2,1-5H3/t16-,17+,18-,19-,20+,22+,23+,25-,26-/m0/s1. The summed E-state index contributed by atoms with van der Waals surface area (Å²) in [5.74, 6) is -0.208. The van der Waals surface area contributed by atoms with Gasteiger partial charge in [0.25, 0.3) is 0 Å². The zero-order chi connectivity index (χ0) is 24.1. The summed E-state index contributed by atoms with van der Waals surface area (Å²) in [6, 6.07) is 0. The monoisotopic (exact) mass is 462 g/mol. The second kappa shape index (κ2) is 8.70. The van der Waals surface area contributed by atoms with Crippen molar-refractivity contribution >= 4 is 23.7 Å². The molecule has 33 heavy (non-hydrogen) atoms. The third-order valence-electron chi connectivity index (χ3n) is 9.80. The van der Waals surface area contributed by atoms with Crippen LogP contribution in [0, 0.1) is 40.4 Å². The Kier molecular flexibility index (Phi) is 6.38. The molecule has 0 amide bonds. The van der Waals surface area contributed by atoms with E-state index in [-0.39, 0.29) is 46.4 Å². The van der Waals surface area contributed by atoms with Gasteiger partial charge in [-0.2, -0.15) is 0 Å². The summed E-state index contributed by atoms with van der Waals surface area (Å²) < 4.78 is 16.0. The normalized spacial score (nSPS) is 42.9. The van der Waals surface area contributed by atoms with E-state index in [2.05, 4.69) is 13.8 Å². The predicted molar refractivity (Wildman–Crippen MR) is 119 cm³/mol. The molecule has 7 heteroatoms. The summed E-state index contributed by atoms with van der Waals surface area (Å²) in [6.07, 6.45) is 5.65. The van der Waals surface area contributed by atoms with E-state index >= 15 is 0 Å². The van der Waals surface area contributed by atoms with E-state index < -0.39 is 18.0 Å². The van der Waals surface area contributed by atoms with Crippen molar-refractivity contribution in [3.8, 4) is 0 Å². The first-order valence-electron chi connectivity index (χ1n) is 12.5. The van der Waals surface area contributed by atoms with Gasteiger partial charge in [0.1, 0.15) is 11.9 Å². The van der Waals surface area contributed by atoms with Crippen LogP contribution in [-0.2, 0) is 33.4 Å². The van der Waals surface area contributed by atoms with Crippen LogP contribution in [-0.4, -0.2) is 43.0 Å². The second-order valence-corrected chi connectivity index (χ2v) is 11.4. The van der Waals surface area contributed by atoms with Crippen molar-refractivity contribution in [3.63, 3.8) is 0 Å². The Labute approximate surface area is 196 Å². The fraction of sp³-hybridized carbons (Fsp3) is 0.846. The van der Waals surface area contributed by atoms with Crippen molar-refractivity contribution in [1.29, 1.82) is 0 Å². The van der Waals surface area contributed by atoms with E-state index in [1.807, 2.05) is 0 Å². The molecule has 184 valence electrons. The number of ketones is 1. The zero-order valence-electron chi connectivity index (χ0n) is 20.6. The lowest BCUT2D eigenvalue weighted by Crippen LogP contribution is -2.58. The molecular formula is C26H38O7. The molecule has 0 aromatic carbocycles. The van der Waals surface area contributed by atoms with Crippen molar-refractivity contribution in [2.45, 2.75) is 91.3 Å². The minimum Gasteiger partial charge on any atom is -0.466 e. The third-order valence-corrected chi connectivity index (χ3v) is 9.80. The van der Waals surface area contributed by atoms with Gasteiger partial charge in [-0.3, -0.25) is 14.4 Å². The van der Waals surface area contributed by atoms with Crippen LogP contribution in [0.15, 0.2) is 0 Å². The summed E-state index contributed by atoms with van der Waals surface area (Å²) in [6.45, 7) is 7.17. The summed E-state index contributed by atoms with van der Waals surface area (Å²) in [5.41, 5.74) is -0.460. The number of hydrogen-bond donors (Lipinski definition) is 0. The average Bonchev–Trinajstić information content (AvgIpc) is 3.07. The SMILES string of the molecule is COC(=O)[C@H](OC(C)=O)[C@H]1CC[C@H]2[C@@H]3CC[C@H]4C[C@H](OC(C)=O)CC[C@]4(C)[C@H]3C(=O)C[C@]12C. The Morgan fingerprint density at radius 1 is 0.970 bits per heavy atom. The molecule has 9 atom stereocenters. The van der Waals surface area contributed by atoms with Gasteiger partial charge in [0.2, 0.25) is 6.10 Å². The Morgan fingerprint density at radius 3 is 2.33 bits per heavy atom. The first-order chi connectivity index (χ1) is 15.5. The van der Waals surface area contributed by atoms with Gasteiger partial charge in [-0.05, 0) is 73.5 Å². The maximum atomic E-state index is 13.8. The molecule has 4 rings (SSSR count). The highest BCUT2D eigenvalue weighted by Crippen LogP contribution is 2.67. The fourth-order valence-electron chi connectivity index (χ4n) is 8.50. The zero-order valence-corrected chi connectivity index (χ0v) is 20.6. The number of ether oxygens (including phenoxy) is 3. The molecular weight excluding hydrogens is 424 g/mol. The number of esters is 3. The quantitative estimate of drug-likeness (QED) is 0.462. The van der Waals surface area contributed by atoms with Gasteiger partial charge in [0.05, 0.1) is 7.11 Å². The Morgan fingerprint density at radius 2 is 1.70 bits per heavy atom. The van der Waals surface area contributed by atoms with Crippen LogP contribution in [0.1, 0.15) is 79.1 Å². The van der Waals surface area contributed by atoms with E-state index in [4.69, 9.17) is 14.2 Å². The molecule has 4 saturated carbocycles. The van der Waals surface area contributed by atoms with Crippen LogP contribution in [0.3, 0.4) is 0 Å². The number of carbonyl (C=O) groups is 4. The fourth-order valence-corrected chi connectivity index (χ4v) is 8.50. The minimum absolute atomic E-state index is 0.0108. The lowest BCUT2D eigenvalue weighted by Gasteiger charge is -2.60. The molecule has 0 aromatic rings. The number of fused-ring (bicyclic) bond motifs is 5. The van der Waals surface area contributed by atoms with Crippen LogP contribution in [0.5, 0.6) is 0 Å². The average molecular weight is 463 g/mol. The van der Waals surface area contributed by atoms with Crippen LogP contribution in [0.2, 0.25) is 0 Å². The topological polar surface area (TPSA) is 96.0 Å². The predicted octanol–water partition coefficient (Wildman–Crippen LogP) is 3.86. The van der Waals surface area contributed by atoms with Gasteiger partial charge in [-0.1, -0.05) is 13.8 Å². The second-order valence-electron chi connectivity index (χ2n) is 11.4. The van der Waals surface area contributed by atoms with E-state index in [1.54, 1.807) is 0 Å². The highest BCUT2D eigenvalue weighted by Gasteiger charge is 2.65. The molecule has 0 N–H and O–H groups in total. The van der Waals surface area contributed by atoms with Crippen LogP contribution in [0.4, 0.5) is 0 Å². The Balaban J connectivity index is 1.59. The highest BCUT2D eigenvalue weighted by molar-refractivity contribution is 5.85. The van der Waals surface area contributed by atoms with Crippen molar-refractivity contribution in [2.24, 2.45) is 40.4 Å². The molecule has 4 aliphatic carbocycles. The van der Waals surface area contributed by atoms with Gasteiger partial charge < -0.3 is 14.2 Å². The van der Waals surface area contributed by atoms with Gasteiger partial charge in [0.15, 0.2) is 0 Å². The number of Topliss-reactive ketones (excluding diaryl/α,β-unsaturated/α-hetero) is 1. The van der Waals surface area contributed by atoms with Crippen molar-refractivity contribution in [2.75, 3.05) is 7.11 Å². The minimum atomic E-state index is -0.960. The molecule has 4 aliphatic rings. The molecule has 7 nitrogen and oxygen atoms in total. The molecule has 4 fully saturated rings. The molecule has 0 saturated heterocycles. The number of rotatable bonds is 4. The Hall–Kier alpha value is -1.92. The first-order valence-corrected chi connectivity index (χ1v) is 12.5. The Bertz CT molecular complexity index is 836. The summed E-state index contributed by atoms with van der Waals surface area (Å²) >= 11 is 0. The molecule has 0 radical (unpaired) electrons. The highest BCUT2D eigenvalue weighted by atomic mass is 16.6.